The molecule has 4 heterocycles. The molecule has 3 saturated heterocycles. The van der Waals surface area contributed by atoms with E-state index in [1.807, 2.05) is 12.1 Å². The number of fused-ring (bicyclic) bond motifs is 4. The maximum absolute atomic E-state index is 13.1. The quantitative estimate of drug-likeness (QED) is 0.538. The number of nitrogens with zero attached hydrogens (tertiary/aromatic N) is 3. The van der Waals surface area contributed by atoms with E-state index in [-0.39, 0.29) is 16.8 Å². The smallest absolute Gasteiger partial charge is 0.253 e. The molecule has 32 heavy (non-hydrogen) atoms. The van der Waals surface area contributed by atoms with Crippen LogP contribution < -0.4 is 15.8 Å². The summed E-state index contributed by atoms with van der Waals surface area (Å²) in [5, 5.41) is 12.2. The van der Waals surface area contributed by atoms with Gasteiger partial charge < -0.3 is 15.5 Å². The van der Waals surface area contributed by atoms with Crippen molar-refractivity contribution in [1.82, 2.24) is 20.2 Å². The van der Waals surface area contributed by atoms with Gasteiger partial charge in [-0.25, -0.2) is 23.5 Å². The van der Waals surface area contributed by atoms with Crippen LogP contribution in [0, 0.1) is 5.92 Å². The van der Waals surface area contributed by atoms with Crippen molar-refractivity contribution >= 4 is 38.5 Å². The van der Waals surface area contributed by atoms with Crippen molar-refractivity contribution < 1.29 is 13.2 Å². The summed E-state index contributed by atoms with van der Waals surface area (Å²) in [6.45, 7) is 3.13. The van der Waals surface area contributed by atoms with Crippen molar-refractivity contribution in [2.75, 3.05) is 25.0 Å². The molecule has 0 radical (unpaired) electrons. The van der Waals surface area contributed by atoms with Crippen LogP contribution in [0.3, 0.4) is 0 Å². The van der Waals surface area contributed by atoms with E-state index < -0.39 is 10.0 Å². The highest BCUT2D eigenvalue weighted by Crippen LogP contribution is 2.28. The lowest BCUT2D eigenvalue weighted by Crippen LogP contribution is -2.57. The second-order valence-corrected chi connectivity index (χ2v) is 9.91. The van der Waals surface area contributed by atoms with Crippen molar-refractivity contribution in [1.29, 1.82) is 0 Å². The summed E-state index contributed by atoms with van der Waals surface area (Å²) in [5.41, 5.74) is 1.67. The van der Waals surface area contributed by atoms with Crippen molar-refractivity contribution in [3.8, 4) is 0 Å². The Bertz CT molecular complexity index is 1270. The predicted octanol–water partition coefficient (Wildman–Crippen LogP) is 1.84. The lowest BCUT2D eigenvalue weighted by Gasteiger charge is -2.44. The summed E-state index contributed by atoms with van der Waals surface area (Å²) in [4.78, 5) is 24.4. The van der Waals surface area contributed by atoms with Gasteiger partial charge in [0.05, 0.1) is 16.0 Å². The molecule has 2 aromatic carbocycles. The number of hydrogen-bond donors (Lipinski definition) is 3. The van der Waals surface area contributed by atoms with Crippen LogP contribution in [-0.2, 0) is 10.0 Å². The minimum atomic E-state index is -3.76. The maximum Gasteiger partial charge on any atom is 0.253 e. The molecule has 1 atom stereocenters. The SMILES string of the molecule is NS(=O)(=O)c1ccc(Nc2ncc3cccc(C(=O)NC4CN5CCC4CC5)c3n2)cc1. The van der Waals surface area contributed by atoms with E-state index in [2.05, 4.69) is 25.5 Å². The second kappa shape index (κ2) is 8.12. The number of carbonyl (C=O) groups is 1. The standard InChI is InChI=1S/C22H24N6O3S/c23-32(30,31)17-6-4-16(5-7-17)25-22-24-12-15-2-1-3-18(20(15)27-22)21(29)26-19-13-28-10-8-14(19)9-11-28/h1-7,12,14,19H,8-11,13H2,(H,26,29)(H2,23,30,31)(H,24,25,27). The zero-order valence-electron chi connectivity index (χ0n) is 17.4. The molecule has 166 valence electrons. The molecule has 1 amide bonds. The van der Waals surface area contributed by atoms with Crippen molar-refractivity contribution in [3.63, 3.8) is 0 Å². The van der Waals surface area contributed by atoms with E-state index in [1.54, 1.807) is 24.4 Å². The third-order valence-electron chi connectivity index (χ3n) is 6.27. The summed E-state index contributed by atoms with van der Waals surface area (Å²) >= 11 is 0. The van der Waals surface area contributed by atoms with E-state index in [4.69, 9.17) is 5.14 Å². The number of hydrogen-bond acceptors (Lipinski definition) is 7. The zero-order valence-corrected chi connectivity index (χ0v) is 18.2. The number of amides is 1. The Morgan fingerprint density at radius 2 is 1.84 bits per heavy atom. The summed E-state index contributed by atoms with van der Waals surface area (Å²) in [7, 11) is -3.76. The number of aromatic nitrogens is 2. The first-order chi connectivity index (χ1) is 15.4. The number of sulfonamides is 1. The summed E-state index contributed by atoms with van der Waals surface area (Å²) in [6.07, 6.45) is 3.91. The van der Waals surface area contributed by atoms with Gasteiger partial charge in [-0.05, 0) is 62.2 Å². The molecular weight excluding hydrogens is 428 g/mol. The number of carbonyl (C=O) groups excluding carboxylic acids is 1. The number of rotatable bonds is 5. The number of para-hydroxylation sites is 1. The second-order valence-electron chi connectivity index (χ2n) is 8.35. The molecule has 2 bridgehead atoms. The van der Waals surface area contributed by atoms with Crippen LogP contribution in [0.2, 0.25) is 0 Å². The number of benzene rings is 2. The first kappa shape index (κ1) is 20.8. The Hall–Kier alpha value is -3.08. The van der Waals surface area contributed by atoms with Gasteiger partial charge in [0.1, 0.15) is 0 Å². The number of nitrogens with two attached hydrogens (primary N) is 1. The van der Waals surface area contributed by atoms with Gasteiger partial charge in [-0.1, -0.05) is 12.1 Å². The fourth-order valence-electron chi connectivity index (χ4n) is 4.53. The monoisotopic (exact) mass is 452 g/mol. The molecule has 1 aromatic heterocycles. The van der Waals surface area contributed by atoms with E-state index >= 15 is 0 Å². The number of piperidine rings is 3. The largest absolute Gasteiger partial charge is 0.348 e. The molecule has 3 aliphatic rings. The number of nitrogens with one attached hydrogen (secondary N) is 2. The molecule has 1 unspecified atom stereocenters. The summed E-state index contributed by atoms with van der Waals surface area (Å²) in [6, 6.07) is 11.6. The lowest BCUT2D eigenvalue weighted by atomic mass is 9.84. The molecule has 0 saturated carbocycles. The van der Waals surface area contributed by atoms with Crippen LogP contribution >= 0.6 is 0 Å². The molecule has 0 aliphatic carbocycles. The third kappa shape index (κ3) is 4.16. The molecule has 3 aliphatic heterocycles. The summed E-state index contributed by atoms with van der Waals surface area (Å²) in [5.74, 6) is 0.714. The zero-order chi connectivity index (χ0) is 22.3. The van der Waals surface area contributed by atoms with Crippen LogP contribution in [0.5, 0.6) is 0 Å². The van der Waals surface area contributed by atoms with Gasteiger partial charge in [-0.2, -0.15) is 0 Å². The molecule has 3 fully saturated rings. The molecule has 6 rings (SSSR count). The molecule has 3 aromatic rings. The minimum Gasteiger partial charge on any atom is -0.348 e. The Morgan fingerprint density at radius 1 is 1.09 bits per heavy atom. The normalized spacial score (nSPS) is 22.6. The van der Waals surface area contributed by atoms with E-state index in [0.717, 1.165) is 37.9 Å². The average Bonchev–Trinajstić information content (AvgIpc) is 2.79. The highest BCUT2D eigenvalue weighted by atomic mass is 32.2. The Kier molecular flexibility index (Phi) is 5.28. The molecule has 10 heteroatoms. The van der Waals surface area contributed by atoms with Crippen LogP contribution in [0.15, 0.2) is 53.6 Å². The lowest BCUT2D eigenvalue weighted by molar-refractivity contribution is 0.0621. The van der Waals surface area contributed by atoms with Gasteiger partial charge in [0.25, 0.3) is 5.91 Å². The highest BCUT2D eigenvalue weighted by Gasteiger charge is 2.35. The van der Waals surface area contributed by atoms with Gasteiger partial charge in [-0.3, -0.25) is 4.79 Å². The van der Waals surface area contributed by atoms with Crippen molar-refractivity contribution in [2.45, 2.75) is 23.8 Å². The Balaban J connectivity index is 1.38. The maximum atomic E-state index is 13.1. The minimum absolute atomic E-state index is 0.0224. The van der Waals surface area contributed by atoms with Crippen LogP contribution in [0.4, 0.5) is 11.6 Å². The van der Waals surface area contributed by atoms with Gasteiger partial charge in [-0.15, -0.1) is 0 Å². The Labute approximate surface area is 186 Å². The Morgan fingerprint density at radius 3 is 2.50 bits per heavy atom. The predicted molar refractivity (Wildman–Crippen MR) is 121 cm³/mol. The first-order valence-corrected chi connectivity index (χ1v) is 12.1. The van der Waals surface area contributed by atoms with Crippen molar-refractivity contribution in [2.24, 2.45) is 11.1 Å². The number of anilines is 2. The van der Waals surface area contributed by atoms with Crippen LogP contribution in [-0.4, -0.2) is 54.9 Å². The van der Waals surface area contributed by atoms with Gasteiger partial charge in [0.15, 0.2) is 0 Å². The van der Waals surface area contributed by atoms with Crippen LogP contribution in [0.1, 0.15) is 23.2 Å². The van der Waals surface area contributed by atoms with E-state index in [9.17, 15) is 13.2 Å². The fraction of sp³-hybridized carbons (Fsp3) is 0.318. The molecular formula is C22H24N6O3S. The molecule has 4 N–H and O–H groups in total. The number of primary sulfonamides is 1. The van der Waals surface area contributed by atoms with Gasteiger partial charge in [0, 0.05) is 29.9 Å². The van der Waals surface area contributed by atoms with Crippen molar-refractivity contribution in [3.05, 3.63) is 54.2 Å². The third-order valence-corrected chi connectivity index (χ3v) is 7.20. The highest BCUT2D eigenvalue weighted by molar-refractivity contribution is 7.89. The summed E-state index contributed by atoms with van der Waals surface area (Å²) < 4.78 is 22.9. The topological polar surface area (TPSA) is 130 Å². The fourth-order valence-corrected chi connectivity index (χ4v) is 5.05. The molecule has 9 nitrogen and oxygen atoms in total. The first-order valence-electron chi connectivity index (χ1n) is 10.6. The van der Waals surface area contributed by atoms with Gasteiger partial charge >= 0.3 is 0 Å². The average molecular weight is 453 g/mol. The van der Waals surface area contributed by atoms with E-state index in [1.165, 1.54) is 12.1 Å². The molecule has 0 spiro atoms. The van der Waals surface area contributed by atoms with Gasteiger partial charge in [0.2, 0.25) is 16.0 Å². The van der Waals surface area contributed by atoms with Crippen LogP contribution in [0.25, 0.3) is 10.9 Å². The van der Waals surface area contributed by atoms with E-state index in [0.29, 0.717) is 28.6 Å².